The molecule has 1 heterocycles. The Morgan fingerprint density at radius 1 is 1.30 bits per heavy atom. The Morgan fingerprint density at radius 2 is 1.91 bits per heavy atom. The van der Waals surface area contributed by atoms with E-state index in [4.69, 9.17) is 11.6 Å². The zero-order valence-corrected chi connectivity index (χ0v) is 14.9. The van der Waals surface area contributed by atoms with E-state index < -0.39 is 25.0 Å². The lowest BCUT2D eigenvalue weighted by Gasteiger charge is -2.21. The van der Waals surface area contributed by atoms with Crippen LogP contribution in [0.25, 0.3) is 0 Å². The van der Waals surface area contributed by atoms with Crippen molar-refractivity contribution >= 4 is 42.2 Å². The van der Waals surface area contributed by atoms with Gasteiger partial charge in [-0.25, -0.2) is 14.1 Å². The largest absolute Gasteiger partial charge is 0.335 e. The van der Waals surface area contributed by atoms with Gasteiger partial charge in [-0.05, 0) is 26.0 Å². The molecule has 3 amide bonds. The van der Waals surface area contributed by atoms with Crippen molar-refractivity contribution in [2.24, 2.45) is 0 Å². The Bertz CT molecular complexity index is 719. The van der Waals surface area contributed by atoms with Crippen molar-refractivity contribution < 1.29 is 18.5 Å². The predicted octanol–water partition coefficient (Wildman–Crippen LogP) is 3.61. The quantitative estimate of drug-likeness (QED) is 0.657. The number of urea groups is 1. The summed E-state index contributed by atoms with van der Waals surface area (Å²) in [5.41, 5.74) is 0.00324. The summed E-state index contributed by atoms with van der Waals surface area (Å²) < 4.78 is 26.1. The Hall–Kier alpha value is -1.59. The minimum atomic E-state index is -2.70. The number of hydrogen-bond acceptors (Lipinski definition) is 3. The van der Waals surface area contributed by atoms with Crippen molar-refractivity contribution in [3.8, 4) is 0 Å². The van der Waals surface area contributed by atoms with E-state index in [1.807, 2.05) is 0 Å². The average Bonchev–Trinajstić information content (AvgIpc) is 2.67. The molecule has 23 heavy (non-hydrogen) atoms. The van der Waals surface area contributed by atoms with E-state index in [0.717, 1.165) is 11.0 Å². The third kappa shape index (κ3) is 3.67. The van der Waals surface area contributed by atoms with Crippen LogP contribution in [-0.4, -0.2) is 42.8 Å². The van der Waals surface area contributed by atoms with Gasteiger partial charge in [0.05, 0.1) is 16.4 Å². The first-order valence-electron chi connectivity index (χ1n) is 6.97. The van der Waals surface area contributed by atoms with Gasteiger partial charge in [-0.3, -0.25) is 4.79 Å². The highest BCUT2D eigenvalue weighted by Crippen LogP contribution is 2.41. The molecule has 6 nitrogen and oxygen atoms in total. The van der Waals surface area contributed by atoms with Crippen LogP contribution < -0.4 is 9.99 Å². The normalized spacial score (nSPS) is 15.8. The number of carbonyl (C=O) groups excluding carboxylic acids is 2. The molecule has 9 heteroatoms. The number of anilines is 2. The lowest BCUT2D eigenvalue weighted by molar-refractivity contribution is -0.116. The number of benzene rings is 1. The highest BCUT2D eigenvalue weighted by Gasteiger charge is 2.39. The first kappa shape index (κ1) is 17.8. The second-order valence-electron chi connectivity index (χ2n) is 5.98. The van der Waals surface area contributed by atoms with Crippen LogP contribution in [0.5, 0.6) is 0 Å². The number of amides is 3. The summed E-state index contributed by atoms with van der Waals surface area (Å²) in [5, 5.41) is 2.72. The molecule has 0 bridgehead atoms. The zero-order chi connectivity index (χ0) is 17.5. The molecule has 0 aliphatic carbocycles. The molecule has 0 radical (unpaired) electrons. The van der Waals surface area contributed by atoms with Crippen molar-refractivity contribution in [3.63, 3.8) is 0 Å². The number of nitrogens with one attached hydrogen (secondary N) is 1. The van der Waals surface area contributed by atoms with Crippen LogP contribution in [0.4, 0.5) is 20.6 Å². The molecule has 1 fully saturated rings. The highest BCUT2D eigenvalue weighted by atomic mass is 35.5. The molecule has 1 saturated heterocycles. The van der Waals surface area contributed by atoms with Crippen molar-refractivity contribution in [1.82, 2.24) is 4.90 Å². The zero-order valence-electron chi connectivity index (χ0n) is 13.3. The molecule has 0 aromatic heterocycles. The fourth-order valence-corrected chi connectivity index (χ4v) is 3.27. The number of imide groups is 1. The molecule has 0 atom stereocenters. The van der Waals surface area contributed by atoms with E-state index in [1.54, 1.807) is 13.8 Å². The first-order valence-corrected chi connectivity index (χ1v) is 9.95. The molecule has 2 rings (SSSR count). The summed E-state index contributed by atoms with van der Waals surface area (Å²) >= 11 is 5.94. The molecule has 0 unspecified atom stereocenters. The molecule has 1 aliphatic heterocycles. The summed E-state index contributed by atoms with van der Waals surface area (Å²) in [6.07, 6.45) is 0. The van der Waals surface area contributed by atoms with Crippen molar-refractivity contribution in [2.75, 3.05) is 29.9 Å². The molecule has 1 aromatic rings. The van der Waals surface area contributed by atoms with Gasteiger partial charge >= 0.3 is 6.03 Å². The fourth-order valence-electron chi connectivity index (χ4n) is 2.24. The fraction of sp³-hybridized carbons (Fsp3) is 0.429. The Morgan fingerprint density at radius 3 is 2.39 bits per heavy atom. The average molecular weight is 362 g/mol. The third-order valence-electron chi connectivity index (χ3n) is 3.28. The van der Waals surface area contributed by atoms with Crippen molar-refractivity contribution in [3.05, 3.63) is 23.0 Å². The van der Waals surface area contributed by atoms with Gasteiger partial charge in [0.2, 0.25) is 0 Å². The summed E-state index contributed by atoms with van der Waals surface area (Å²) in [6, 6.07) is 1.45. The van der Waals surface area contributed by atoms with Crippen LogP contribution in [0, 0.1) is 5.82 Å². The van der Waals surface area contributed by atoms with E-state index in [2.05, 4.69) is 5.09 Å². The molecular weight excluding hydrogens is 344 g/mol. The van der Waals surface area contributed by atoms with Gasteiger partial charge < -0.3 is 14.6 Å². The Kier molecular flexibility index (Phi) is 4.74. The molecule has 1 aromatic carbocycles. The molecule has 0 spiro atoms. The van der Waals surface area contributed by atoms with E-state index in [9.17, 15) is 18.5 Å². The monoisotopic (exact) mass is 361 g/mol. The standard InChI is InChI=1S/C14H18ClFN3O3P/c1-8(2)18-7-13(20)19(14(18)21)12-6-11(17-23(3,4)22)9(15)5-10(12)16/h5-6,8H,7H2,1-4H3,(H,17,22). The maximum absolute atomic E-state index is 14.2. The highest BCUT2D eigenvalue weighted by molar-refractivity contribution is 7.63. The van der Waals surface area contributed by atoms with Gasteiger partial charge in [-0.15, -0.1) is 0 Å². The molecule has 126 valence electrons. The van der Waals surface area contributed by atoms with E-state index in [-0.39, 0.29) is 29.0 Å². The van der Waals surface area contributed by atoms with Crippen LogP contribution in [0.2, 0.25) is 5.02 Å². The first-order chi connectivity index (χ1) is 10.5. The van der Waals surface area contributed by atoms with Gasteiger partial charge in [-0.2, -0.15) is 0 Å². The number of carbonyl (C=O) groups is 2. The van der Waals surface area contributed by atoms with Gasteiger partial charge in [0.1, 0.15) is 12.4 Å². The third-order valence-corrected chi connectivity index (χ3v) is 4.37. The van der Waals surface area contributed by atoms with Gasteiger partial charge in [0, 0.05) is 19.4 Å². The SMILES string of the molecule is CC(C)N1CC(=O)N(c2cc(NP(C)(C)=O)c(Cl)cc2F)C1=O. The number of nitrogens with zero attached hydrogens (tertiary/aromatic N) is 2. The molecule has 1 N–H and O–H groups in total. The predicted molar refractivity (Wildman–Crippen MR) is 89.2 cm³/mol. The van der Waals surface area contributed by atoms with Crippen LogP contribution in [0.1, 0.15) is 13.8 Å². The van der Waals surface area contributed by atoms with Crippen LogP contribution >= 0.6 is 18.9 Å². The lowest BCUT2D eigenvalue weighted by atomic mass is 10.2. The van der Waals surface area contributed by atoms with Crippen LogP contribution in [0.3, 0.4) is 0 Å². The molecular formula is C14H18ClFN3O3P. The number of halogens is 2. The summed E-state index contributed by atoms with van der Waals surface area (Å²) in [4.78, 5) is 26.6. The summed E-state index contributed by atoms with van der Waals surface area (Å²) in [7, 11) is -2.70. The summed E-state index contributed by atoms with van der Waals surface area (Å²) in [6.45, 7) is 6.40. The second kappa shape index (κ2) is 6.13. The molecule has 1 aliphatic rings. The minimum Gasteiger partial charge on any atom is -0.335 e. The smallest absolute Gasteiger partial charge is 0.332 e. The van der Waals surface area contributed by atoms with Gasteiger partial charge in [0.25, 0.3) is 5.91 Å². The molecule has 0 saturated carbocycles. The van der Waals surface area contributed by atoms with E-state index in [1.165, 1.54) is 24.3 Å². The topological polar surface area (TPSA) is 69.7 Å². The van der Waals surface area contributed by atoms with Crippen LogP contribution in [-0.2, 0) is 9.36 Å². The maximum Gasteiger partial charge on any atom is 0.332 e. The van der Waals surface area contributed by atoms with Gasteiger partial charge in [0.15, 0.2) is 7.29 Å². The Balaban J connectivity index is 2.47. The lowest BCUT2D eigenvalue weighted by Crippen LogP contribution is -2.37. The second-order valence-corrected chi connectivity index (χ2v) is 9.31. The Labute approximate surface area is 139 Å². The van der Waals surface area contributed by atoms with E-state index in [0.29, 0.717) is 0 Å². The summed E-state index contributed by atoms with van der Waals surface area (Å²) in [5.74, 6) is -1.32. The minimum absolute atomic E-state index is 0.0231. The van der Waals surface area contributed by atoms with Crippen LogP contribution in [0.15, 0.2) is 12.1 Å². The van der Waals surface area contributed by atoms with E-state index >= 15 is 0 Å². The van der Waals surface area contributed by atoms with Crippen molar-refractivity contribution in [2.45, 2.75) is 19.9 Å². The number of rotatable bonds is 4. The van der Waals surface area contributed by atoms with Gasteiger partial charge in [-0.1, -0.05) is 11.6 Å². The van der Waals surface area contributed by atoms with Crippen molar-refractivity contribution in [1.29, 1.82) is 0 Å². The maximum atomic E-state index is 14.2. The number of hydrogen-bond donors (Lipinski definition) is 1.